The second-order valence-corrected chi connectivity index (χ2v) is 8.84. The lowest BCUT2D eigenvalue weighted by Gasteiger charge is -2.24. The smallest absolute Gasteiger partial charge is 0.339 e. The summed E-state index contributed by atoms with van der Waals surface area (Å²) in [7, 11) is -1.50. The van der Waals surface area contributed by atoms with Gasteiger partial charge in [-0.2, -0.15) is 0 Å². The lowest BCUT2D eigenvalue weighted by Crippen LogP contribution is -2.38. The molecule has 0 bridgehead atoms. The molecule has 0 aromatic heterocycles. The van der Waals surface area contributed by atoms with Crippen LogP contribution in [0.15, 0.2) is 36.4 Å². The number of hydrogen-bond acceptors (Lipinski definition) is 7. The normalized spacial score (nSPS) is 10.9. The lowest BCUT2D eigenvalue weighted by atomic mass is 10.1. The summed E-state index contributed by atoms with van der Waals surface area (Å²) in [6.45, 7) is 1.08. The molecule has 1 N–H and O–H groups in total. The van der Waals surface area contributed by atoms with Gasteiger partial charge in [-0.25, -0.2) is 18.0 Å². The SMILES string of the molecule is COC(=O)c1ccc(C(=O)OC)c(NC(=O)CN(c2cc(Cl)ccc2C)S(C)(=O)=O)c1. The molecule has 0 fully saturated rings. The van der Waals surface area contributed by atoms with E-state index in [0.717, 1.165) is 17.7 Å². The van der Waals surface area contributed by atoms with Crippen molar-refractivity contribution in [2.45, 2.75) is 6.92 Å². The van der Waals surface area contributed by atoms with E-state index in [4.69, 9.17) is 16.3 Å². The van der Waals surface area contributed by atoms with Gasteiger partial charge in [0.1, 0.15) is 6.54 Å². The van der Waals surface area contributed by atoms with E-state index in [-0.39, 0.29) is 22.5 Å². The number of benzene rings is 2. The van der Waals surface area contributed by atoms with Crippen molar-refractivity contribution in [3.8, 4) is 0 Å². The monoisotopic (exact) mass is 468 g/mol. The Kier molecular flexibility index (Phi) is 7.64. The molecule has 2 rings (SSSR count). The molecule has 0 saturated carbocycles. The molecule has 0 heterocycles. The summed E-state index contributed by atoms with van der Waals surface area (Å²) in [4.78, 5) is 36.6. The number of halogens is 1. The van der Waals surface area contributed by atoms with Crippen LogP contribution in [0.2, 0.25) is 5.02 Å². The molecule has 0 saturated heterocycles. The highest BCUT2D eigenvalue weighted by atomic mass is 35.5. The van der Waals surface area contributed by atoms with Crippen molar-refractivity contribution >= 4 is 50.8 Å². The van der Waals surface area contributed by atoms with Gasteiger partial charge in [0.05, 0.1) is 43.0 Å². The number of sulfonamides is 1. The number of hydrogen-bond donors (Lipinski definition) is 1. The van der Waals surface area contributed by atoms with Gasteiger partial charge in [0.15, 0.2) is 0 Å². The molecule has 11 heteroatoms. The number of nitrogens with one attached hydrogen (secondary N) is 1. The van der Waals surface area contributed by atoms with Gasteiger partial charge in [-0.3, -0.25) is 9.10 Å². The van der Waals surface area contributed by atoms with Crippen molar-refractivity contribution < 1.29 is 32.3 Å². The van der Waals surface area contributed by atoms with E-state index in [2.05, 4.69) is 10.1 Å². The van der Waals surface area contributed by atoms with Crippen LogP contribution in [0.1, 0.15) is 26.3 Å². The summed E-state index contributed by atoms with van der Waals surface area (Å²) in [5.74, 6) is -2.19. The van der Waals surface area contributed by atoms with Crippen LogP contribution in [0.25, 0.3) is 0 Å². The number of carbonyl (C=O) groups excluding carboxylic acids is 3. The van der Waals surface area contributed by atoms with E-state index in [1.54, 1.807) is 19.1 Å². The van der Waals surface area contributed by atoms with E-state index in [1.165, 1.54) is 31.4 Å². The molecule has 166 valence electrons. The fourth-order valence-corrected chi connectivity index (χ4v) is 3.81. The number of amides is 1. The number of ether oxygens (including phenoxy) is 2. The zero-order valence-electron chi connectivity index (χ0n) is 17.3. The first kappa shape index (κ1) is 24.2. The van der Waals surface area contributed by atoms with Crippen LogP contribution in [0.5, 0.6) is 0 Å². The minimum Gasteiger partial charge on any atom is -0.465 e. The molecule has 0 aliphatic carbocycles. The van der Waals surface area contributed by atoms with E-state index < -0.39 is 34.4 Å². The van der Waals surface area contributed by atoms with Crippen molar-refractivity contribution in [2.24, 2.45) is 0 Å². The highest BCUT2D eigenvalue weighted by Gasteiger charge is 2.24. The third-order valence-electron chi connectivity index (χ3n) is 4.25. The summed E-state index contributed by atoms with van der Waals surface area (Å²) in [5, 5.41) is 2.76. The third kappa shape index (κ3) is 5.96. The lowest BCUT2D eigenvalue weighted by molar-refractivity contribution is -0.114. The summed E-state index contributed by atoms with van der Waals surface area (Å²) in [5.41, 5.74) is 0.854. The van der Waals surface area contributed by atoms with E-state index in [9.17, 15) is 22.8 Å². The van der Waals surface area contributed by atoms with Crippen molar-refractivity contribution in [2.75, 3.05) is 36.6 Å². The maximum atomic E-state index is 12.7. The quantitative estimate of drug-likeness (QED) is 0.620. The van der Waals surface area contributed by atoms with Gasteiger partial charge >= 0.3 is 11.9 Å². The maximum Gasteiger partial charge on any atom is 0.339 e. The minimum absolute atomic E-state index is 0.0201. The molecule has 31 heavy (non-hydrogen) atoms. The molecular formula is C20H21ClN2O7S. The fraction of sp³-hybridized carbons (Fsp3) is 0.250. The van der Waals surface area contributed by atoms with Crippen molar-refractivity contribution in [3.05, 3.63) is 58.1 Å². The Morgan fingerprint density at radius 2 is 1.68 bits per heavy atom. The number of anilines is 2. The summed E-state index contributed by atoms with van der Waals surface area (Å²) in [6.07, 6.45) is 0.957. The largest absolute Gasteiger partial charge is 0.465 e. The van der Waals surface area contributed by atoms with Gasteiger partial charge in [-0.05, 0) is 42.8 Å². The van der Waals surface area contributed by atoms with Gasteiger partial charge in [0, 0.05) is 5.02 Å². The average Bonchev–Trinajstić information content (AvgIpc) is 2.71. The molecule has 2 aromatic carbocycles. The van der Waals surface area contributed by atoms with Crippen LogP contribution in [0, 0.1) is 6.92 Å². The highest BCUT2D eigenvalue weighted by molar-refractivity contribution is 7.92. The Morgan fingerprint density at radius 1 is 1.03 bits per heavy atom. The first-order valence-corrected chi connectivity index (χ1v) is 11.0. The number of esters is 2. The van der Waals surface area contributed by atoms with Crippen LogP contribution >= 0.6 is 11.6 Å². The number of aryl methyl sites for hydroxylation is 1. The van der Waals surface area contributed by atoms with Gasteiger partial charge < -0.3 is 14.8 Å². The van der Waals surface area contributed by atoms with Gasteiger partial charge in [-0.15, -0.1) is 0 Å². The molecule has 0 radical (unpaired) electrons. The van der Waals surface area contributed by atoms with Crippen LogP contribution in [0.4, 0.5) is 11.4 Å². The van der Waals surface area contributed by atoms with Crippen molar-refractivity contribution in [1.82, 2.24) is 0 Å². The summed E-state index contributed by atoms with van der Waals surface area (Å²) < 4.78 is 34.9. The van der Waals surface area contributed by atoms with E-state index in [0.29, 0.717) is 10.6 Å². The zero-order valence-corrected chi connectivity index (χ0v) is 18.8. The molecule has 0 spiro atoms. The maximum absolute atomic E-state index is 12.7. The van der Waals surface area contributed by atoms with Gasteiger partial charge in [0.2, 0.25) is 15.9 Å². The fourth-order valence-electron chi connectivity index (χ4n) is 2.73. The standard InChI is InChI=1S/C20H21ClN2O7S/c1-12-5-7-14(21)10-17(12)23(31(4,27)28)11-18(24)22-16-9-13(19(25)29-2)6-8-15(16)20(26)30-3/h5-10H,11H2,1-4H3,(H,22,24). The molecule has 0 unspecified atom stereocenters. The van der Waals surface area contributed by atoms with Crippen LogP contribution < -0.4 is 9.62 Å². The molecule has 0 aliphatic rings. The number of nitrogens with zero attached hydrogens (tertiary/aromatic N) is 1. The number of carbonyl (C=O) groups is 3. The molecular weight excluding hydrogens is 448 g/mol. The first-order chi connectivity index (χ1) is 14.5. The predicted octanol–water partition coefficient (Wildman–Crippen LogP) is 2.63. The first-order valence-electron chi connectivity index (χ1n) is 8.82. The number of rotatable bonds is 7. The van der Waals surface area contributed by atoms with Crippen LogP contribution in [-0.2, 0) is 24.3 Å². The minimum atomic E-state index is -3.85. The van der Waals surface area contributed by atoms with E-state index in [1.807, 2.05) is 0 Å². The average molecular weight is 469 g/mol. The third-order valence-corrected chi connectivity index (χ3v) is 5.61. The second kappa shape index (κ2) is 9.80. The Bertz CT molecular complexity index is 1130. The second-order valence-electron chi connectivity index (χ2n) is 6.49. The molecule has 0 aliphatic heterocycles. The van der Waals surface area contributed by atoms with Crippen LogP contribution in [-0.4, -0.2) is 53.3 Å². The molecule has 1 amide bonds. The topological polar surface area (TPSA) is 119 Å². The Balaban J connectivity index is 2.41. The molecule has 2 aromatic rings. The number of methoxy groups -OCH3 is 2. The molecule has 9 nitrogen and oxygen atoms in total. The summed E-state index contributed by atoms with van der Waals surface area (Å²) in [6, 6.07) is 8.54. The van der Waals surface area contributed by atoms with Gasteiger partial charge in [0.25, 0.3) is 0 Å². The van der Waals surface area contributed by atoms with Gasteiger partial charge in [-0.1, -0.05) is 17.7 Å². The highest BCUT2D eigenvalue weighted by Crippen LogP contribution is 2.26. The van der Waals surface area contributed by atoms with E-state index >= 15 is 0 Å². The zero-order chi connectivity index (χ0) is 23.3. The Hall–Kier alpha value is -3.11. The van der Waals surface area contributed by atoms with Crippen LogP contribution in [0.3, 0.4) is 0 Å². The summed E-state index contributed by atoms with van der Waals surface area (Å²) >= 11 is 5.99. The molecule has 0 atom stereocenters. The predicted molar refractivity (Wildman–Crippen MR) is 116 cm³/mol. The Labute approximate surface area is 184 Å². The van der Waals surface area contributed by atoms with Crippen molar-refractivity contribution in [1.29, 1.82) is 0 Å². The Morgan fingerprint density at radius 3 is 2.26 bits per heavy atom. The van der Waals surface area contributed by atoms with Crippen molar-refractivity contribution in [3.63, 3.8) is 0 Å².